The normalized spacial score (nSPS) is 25.3. The molecule has 0 saturated carbocycles. The molecule has 2 fully saturated rings. The number of nitrogens with zero attached hydrogens (tertiary/aromatic N) is 3. The van der Waals surface area contributed by atoms with Gasteiger partial charge in [0.25, 0.3) is 0 Å². The molecule has 25 heavy (non-hydrogen) atoms. The van der Waals surface area contributed by atoms with Crippen LogP contribution in [-0.4, -0.2) is 53.9 Å². The van der Waals surface area contributed by atoms with Gasteiger partial charge in [-0.15, -0.1) is 6.58 Å². The number of piperidine rings is 2. The largest absolute Gasteiger partial charge is 0.338 e. The lowest BCUT2D eigenvalue weighted by atomic mass is 9.74. The van der Waals surface area contributed by atoms with Crippen molar-refractivity contribution in [2.24, 2.45) is 5.41 Å². The molecule has 0 aliphatic carbocycles. The summed E-state index contributed by atoms with van der Waals surface area (Å²) in [7, 11) is -3.30. The molecule has 0 N–H and O–H groups in total. The molecule has 136 valence electrons. The molecular weight excluding hydrogens is 338 g/mol. The number of pyridine rings is 1. The van der Waals surface area contributed by atoms with E-state index in [1.807, 2.05) is 17.0 Å². The standard InChI is InChI=1S/C18H25N3O3S/c1-2-11-25(23,24)21-10-4-7-18(15-21)8-6-17(22)20(14-18)13-16-5-3-9-19-12-16/h2-3,5,9,12H,1,4,6-8,10-11,13-15H2. The van der Waals surface area contributed by atoms with Crippen LogP contribution in [0.2, 0.25) is 0 Å². The predicted molar refractivity (Wildman–Crippen MR) is 96.1 cm³/mol. The number of carbonyl (C=O) groups is 1. The first-order chi connectivity index (χ1) is 11.9. The van der Waals surface area contributed by atoms with Gasteiger partial charge >= 0.3 is 0 Å². The second-order valence-corrected chi connectivity index (χ2v) is 9.13. The lowest BCUT2D eigenvalue weighted by molar-refractivity contribution is -0.139. The number of hydrogen-bond acceptors (Lipinski definition) is 4. The Balaban J connectivity index is 1.74. The highest BCUT2D eigenvalue weighted by Crippen LogP contribution is 2.40. The van der Waals surface area contributed by atoms with Gasteiger partial charge in [-0.25, -0.2) is 12.7 Å². The molecule has 3 heterocycles. The Bertz CT molecular complexity index is 735. The van der Waals surface area contributed by atoms with E-state index in [-0.39, 0.29) is 17.1 Å². The Morgan fingerprint density at radius 3 is 2.88 bits per heavy atom. The molecule has 6 nitrogen and oxygen atoms in total. The molecule has 1 unspecified atom stereocenters. The minimum atomic E-state index is -3.30. The average Bonchev–Trinajstić information content (AvgIpc) is 2.59. The van der Waals surface area contributed by atoms with Crippen LogP contribution in [0.1, 0.15) is 31.2 Å². The van der Waals surface area contributed by atoms with E-state index in [0.29, 0.717) is 32.6 Å². The molecule has 7 heteroatoms. The molecule has 1 atom stereocenters. The third kappa shape index (κ3) is 4.10. The van der Waals surface area contributed by atoms with Crippen molar-refractivity contribution in [1.29, 1.82) is 0 Å². The fourth-order valence-corrected chi connectivity index (χ4v) is 5.33. The van der Waals surface area contributed by atoms with E-state index in [2.05, 4.69) is 11.6 Å². The Kier molecular flexibility index (Phi) is 5.24. The van der Waals surface area contributed by atoms with E-state index in [9.17, 15) is 13.2 Å². The topological polar surface area (TPSA) is 70.6 Å². The van der Waals surface area contributed by atoms with Crippen molar-refractivity contribution in [1.82, 2.24) is 14.2 Å². The maximum atomic E-state index is 12.4. The number of amides is 1. The van der Waals surface area contributed by atoms with Crippen molar-refractivity contribution in [3.63, 3.8) is 0 Å². The summed E-state index contributed by atoms with van der Waals surface area (Å²) in [5, 5.41) is 0. The third-order valence-electron chi connectivity index (χ3n) is 5.19. The Morgan fingerprint density at radius 1 is 1.32 bits per heavy atom. The molecule has 3 rings (SSSR count). The quantitative estimate of drug-likeness (QED) is 0.748. The molecule has 1 aromatic rings. The van der Waals surface area contributed by atoms with Gasteiger partial charge in [0.15, 0.2) is 0 Å². The van der Waals surface area contributed by atoms with Gasteiger partial charge in [0.05, 0.1) is 5.75 Å². The van der Waals surface area contributed by atoms with E-state index in [0.717, 1.165) is 24.8 Å². The minimum Gasteiger partial charge on any atom is -0.338 e. The number of sulfonamides is 1. The van der Waals surface area contributed by atoms with Gasteiger partial charge in [0.2, 0.25) is 15.9 Å². The Labute approximate surface area is 149 Å². The molecule has 0 aromatic carbocycles. The van der Waals surface area contributed by atoms with Crippen LogP contribution in [0.5, 0.6) is 0 Å². The van der Waals surface area contributed by atoms with Crippen LogP contribution in [-0.2, 0) is 21.4 Å². The minimum absolute atomic E-state index is 0.0264. The monoisotopic (exact) mass is 363 g/mol. The summed E-state index contributed by atoms with van der Waals surface area (Å²) in [5.74, 6) is 0.113. The molecule has 2 aliphatic rings. The van der Waals surface area contributed by atoms with Crippen LogP contribution in [0.3, 0.4) is 0 Å². The number of rotatable bonds is 5. The SMILES string of the molecule is C=CCS(=O)(=O)N1CCCC2(CCC(=O)N(Cc3cccnc3)C2)C1. The fraction of sp³-hybridized carbons (Fsp3) is 0.556. The van der Waals surface area contributed by atoms with Crippen molar-refractivity contribution in [2.45, 2.75) is 32.2 Å². The van der Waals surface area contributed by atoms with Crippen LogP contribution in [0.4, 0.5) is 0 Å². The second kappa shape index (κ2) is 7.25. The number of likely N-dealkylation sites (tertiary alicyclic amines) is 1. The molecule has 2 saturated heterocycles. The van der Waals surface area contributed by atoms with E-state index in [1.54, 1.807) is 16.7 Å². The van der Waals surface area contributed by atoms with Gasteiger partial charge in [-0.3, -0.25) is 9.78 Å². The first kappa shape index (κ1) is 18.1. The smallest absolute Gasteiger partial charge is 0.222 e. The van der Waals surface area contributed by atoms with Crippen molar-refractivity contribution in [2.75, 3.05) is 25.4 Å². The summed E-state index contributed by atoms with van der Waals surface area (Å²) in [6.45, 7) is 5.76. The zero-order valence-corrected chi connectivity index (χ0v) is 15.2. The van der Waals surface area contributed by atoms with Crippen LogP contribution >= 0.6 is 0 Å². The van der Waals surface area contributed by atoms with Gasteiger partial charge in [0.1, 0.15) is 0 Å². The van der Waals surface area contributed by atoms with Gasteiger partial charge in [-0.05, 0) is 30.9 Å². The molecule has 0 radical (unpaired) electrons. The zero-order valence-electron chi connectivity index (χ0n) is 14.4. The summed E-state index contributed by atoms with van der Waals surface area (Å²) >= 11 is 0. The third-order valence-corrected chi connectivity index (χ3v) is 6.95. The maximum absolute atomic E-state index is 12.4. The van der Waals surface area contributed by atoms with Crippen molar-refractivity contribution >= 4 is 15.9 Å². The van der Waals surface area contributed by atoms with Crippen LogP contribution < -0.4 is 0 Å². The Morgan fingerprint density at radius 2 is 2.16 bits per heavy atom. The van der Waals surface area contributed by atoms with E-state index in [1.165, 1.54) is 6.08 Å². The lowest BCUT2D eigenvalue weighted by Crippen LogP contribution is -2.55. The number of hydrogen-bond donors (Lipinski definition) is 0. The molecule has 0 bridgehead atoms. The van der Waals surface area contributed by atoms with Gasteiger partial charge < -0.3 is 4.90 Å². The lowest BCUT2D eigenvalue weighted by Gasteiger charge is -2.47. The van der Waals surface area contributed by atoms with Crippen LogP contribution in [0.25, 0.3) is 0 Å². The molecule has 1 spiro atoms. The molecule has 1 aromatic heterocycles. The van der Waals surface area contributed by atoms with Crippen molar-refractivity contribution in [3.05, 3.63) is 42.7 Å². The second-order valence-electron chi connectivity index (χ2n) is 7.12. The van der Waals surface area contributed by atoms with Crippen molar-refractivity contribution < 1.29 is 13.2 Å². The first-order valence-electron chi connectivity index (χ1n) is 8.70. The van der Waals surface area contributed by atoms with Gasteiger partial charge in [0, 0.05) is 50.4 Å². The molecule has 2 aliphatic heterocycles. The van der Waals surface area contributed by atoms with E-state index in [4.69, 9.17) is 0 Å². The Hall–Kier alpha value is -1.73. The highest BCUT2D eigenvalue weighted by atomic mass is 32.2. The summed E-state index contributed by atoms with van der Waals surface area (Å²) in [6.07, 6.45) is 7.97. The first-order valence-corrected chi connectivity index (χ1v) is 10.3. The van der Waals surface area contributed by atoms with Crippen LogP contribution in [0, 0.1) is 5.41 Å². The summed E-state index contributed by atoms with van der Waals surface area (Å²) < 4.78 is 26.4. The van der Waals surface area contributed by atoms with Gasteiger partial charge in [-0.2, -0.15) is 0 Å². The van der Waals surface area contributed by atoms with Gasteiger partial charge in [-0.1, -0.05) is 12.1 Å². The summed E-state index contributed by atoms with van der Waals surface area (Å²) in [4.78, 5) is 18.3. The van der Waals surface area contributed by atoms with E-state index < -0.39 is 10.0 Å². The maximum Gasteiger partial charge on any atom is 0.222 e. The summed E-state index contributed by atoms with van der Waals surface area (Å²) in [5.41, 5.74) is 0.864. The highest BCUT2D eigenvalue weighted by Gasteiger charge is 2.43. The predicted octanol–water partition coefficient (Wildman–Crippen LogP) is 1.80. The van der Waals surface area contributed by atoms with Crippen LogP contribution in [0.15, 0.2) is 37.2 Å². The summed E-state index contributed by atoms with van der Waals surface area (Å²) in [6, 6.07) is 3.83. The van der Waals surface area contributed by atoms with E-state index >= 15 is 0 Å². The van der Waals surface area contributed by atoms with Crippen molar-refractivity contribution in [3.8, 4) is 0 Å². The average molecular weight is 363 g/mol. The fourth-order valence-electron chi connectivity index (χ4n) is 3.95. The number of carbonyl (C=O) groups excluding carboxylic acids is 1. The highest BCUT2D eigenvalue weighted by molar-refractivity contribution is 7.89. The molecular formula is C18H25N3O3S. The molecule has 1 amide bonds. The zero-order chi connectivity index (χ0) is 17.9. The number of aromatic nitrogens is 1.